The maximum Gasteiger partial charge on any atom is 0.241 e. The van der Waals surface area contributed by atoms with E-state index in [1.807, 2.05) is 30.3 Å². The molecule has 13 heavy (non-hydrogen) atoms. The van der Waals surface area contributed by atoms with Gasteiger partial charge in [0, 0.05) is 6.08 Å². The highest BCUT2D eigenvalue weighted by Crippen LogP contribution is 1.99. The van der Waals surface area contributed by atoms with Gasteiger partial charge < -0.3 is 5.73 Å². The van der Waals surface area contributed by atoms with Crippen LogP contribution in [0.1, 0.15) is 5.56 Å². The molecule has 0 aliphatic carbocycles. The number of hydrogen-bond donors (Lipinski definition) is 1. The topological polar surface area (TPSA) is 43.1 Å². The Morgan fingerprint density at radius 3 is 2.15 bits per heavy atom. The van der Waals surface area contributed by atoms with Crippen LogP contribution in [-0.2, 0) is 4.79 Å². The first kappa shape index (κ1) is 14.5. The molecule has 0 atom stereocenters. The molecule has 0 aromatic heterocycles. The highest BCUT2D eigenvalue weighted by molar-refractivity contribution is 5.90. The van der Waals surface area contributed by atoms with Gasteiger partial charge >= 0.3 is 0 Å². The molecule has 1 rings (SSSR count). The van der Waals surface area contributed by atoms with Gasteiger partial charge in [-0.15, -0.1) is 24.8 Å². The summed E-state index contributed by atoms with van der Waals surface area (Å²) in [5.41, 5.74) is 5.89. The zero-order valence-corrected chi connectivity index (χ0v) is 8.48. The van der Waals surface area contributed by atoms with Gasteiger partial charge in [0.15, 0.2) is 0 Å². The van der Waals surface area contributed by atoms with Crippen LogP contribution in [0.5, 0.6) is 0 Å². The van der Waals surface area contributed by atoms with Gasteiger partial charge in [0.2, 0.25) is 5.91 Å². The molecule has 0 bridgehead atoms. The minimum absolute atomic E-state index is 0. The maximum absolute atomic E-state index is 10.3. The van der Waals surface area contributed by atoms with Crippen LogP contribution in [-0.4, -0.2) is 5.91 Å². The largest absolute Gasteiger partial charge is 0.366 e. The summed E-state index contributed by atoms with van der Waals surface area (Å²) in [6, 6.07) is 9.53. The molecule has 0 unspecified atom stereocenters. The van der Waals surface area contributed by atoms with E-state index in [0.717, 1.165) is 5.56 Å². The predicted molar refractivity (Wildman–Crippen MR) is 59.2 cm³/mol. The Kier molecular flexibility index (Phi) is 8.55. The molecule has 2 nitrogen and oxygen atoms in total. The van der Waals surface area contributed by atoms with E-state index in [-0.39, 0.29) is 24.8 Å². The van der Waals surface area contributed by atoms with Gasteiger partial charge in [-0.05, 0) is 11.6 Å². The second-order valence-electron chi connectivity index (χ2n) is 2.15. The Morgan fingerprint density at radius 1 is 1.15 bits per heavy atom. The molecule has 2 N–H and O–H groups in total. The van der Waals surface area contributed by atoms with Crippen molar-refractivity contribution in [3.8, 4) is 0 Å². The molecule has 0 radical (unpaired) electrons. The number of benzene rings is 1. The monoisotopic (exact) mass is 219 g/mol. The number of hydrogen-bond acceptors (Lipinski definition) is 1. The summed E-state index contributed by atoms with van der Waals surface area (Å²) in [5, 5.41) is 0. The summed E-state index contributed by atoms with van der Waals surface area (Å²) in [6.45, 7) is 0. The van der Waals surface area contributed by atoms with E-state index in [1.165, 1.54) is 6.08 Å². The number of rotatable bonds is 2. The Bertz CT molecular complexity index is 272. The van der Waals surface area contributed by atoms with Crippen molar-refractivity contribution < 1.29 is 4.79 Å². The van der Waals surface area contributed by atoms with Gasteiger partial charge in [-0.1, -0.05) is 30.3 Å². The van der Waals surface area contributed by atoms with Crippen molar-refractivity contribution in [2.24, 2.45) is 5.73 Å². The zero-order chi connectivity index (χ0) is 8.10. The van der Waals surface area contributed by atoms with E-state index in [1.54, 1.807) is 6.08 Å². The highest BCUT2D eigenvalue weighted by Gasteiger charge is 1.84. The number of carbonyl (C=O) groups excluding carboxylic acids is 1. The van der Waals surface area contributed by atoms with Crippen LogP contribution in [0.3, 0.4) is 0 Å². The fourth-order valence-electron chi connectivity index (χ4n) is 0.743. The minimum Gasteiger partial charge on any atom is -0.366 e. The van der Waals surface area contributed by atoms with Gasteiger partial charge in [0.25, 0.3) is 0 Å². The third-order valence-electron chi connectivity index (χ3n) is 1.24. The van der Waals surface area contributed by atoms with Crippen molar-refractivity contribution in [3.05, 3.63) is 42.0 Å². The summed E-state index contributed by atoms with van der Waals surface area (Å²) < 4.78 is 0. The molecule has 1 amide bonds. The van der Waals surface area contributed by atoms with Crippen LogP contribution in [0.15, 0.2) is 36.4 Å². The summed E-state index contributed by atoms with van der Waals surface area (Å²) >= 11 is 0. The Hall–Kier alpha value is -0.990. The zero-order valence-electron chi connectivity index (χ0n) is 6.84. The fraction of sp³-hybridized carbons (Fsp3) is 0. The lowest BCUT2D eigenvalue weighted by molar-refractivity contribution is -0.113. The Balaban J connectivity index is 0. The van der Waals surface area contributed by atoms with Crippen LogP contribution >= 0.6 is 24.8 Å². The van der Waals surface area contributed by atoms with Crippen molar-refractivity contribution in [2.45, 2.75) is 0 Å². The van der Waals surface area contributed by atoms with Crippen molar-refractivity contribution in [1.82, 2.24) is 0 Å². The molecular formula is C9H11Cl2NO. The molecule has 1 aromatic rings. The third-order valence-corrected chi connectivity index (χ3v) is 1.24. The smallest absolute Gasteiger partial charge is 0.241 e. The average molecular weight is 220 g/mol. The van der Waals surface area contributed by atoms with E-state index in [0.29, 0.717) is 0 Å². The first-order valence-corrected chi connectivity index (χ1v) is 3.31. The number of carbonyl (C=O) groups is 1. The second kappa shape index (κ2) is 7.65. The van der Waals surface area contributed by atoms with E-state index in [4.69, 9.17) is 5.73 Å². The van der Waals surface area contributed by atoms with Gasteiger partial charge in [-0.3, -0.25) is 4.79 Å². The third kappa shape index (κ3) is 6.20. The van der Waals surface area contributed by atoms with Crippen LogP contribution in [0, 0.1) is 0 Å². The van der Waals surface area contributed by atoms with Gasteiger partial charge in [0.1, 0.15) is 0 Å². The van der Waals surface area contributed by atoms with Crippen molar-refractivity contribution in [2.75, 3.05) is 0 Å². The van der Waals surface area contributed by atoms with Crippen LogP contribution in [0.25, 0.3) is 6.08 Å². The lowest BCUT2D eigenvalue weighted by atomic mass is 10.2. The average Bonchev–Trinajstić information content (AvgIpc) is 2.03. The summed E-state index contributed by atoms with van der Waals surface area (Å²) in [5.74, 6) is -0.422. The second-order valence-corrected chi connectivity index (χ2v) is 2.15. The summed E-state index contributed by atoms with van der Waals surface area (Å²) in [4.78, 5) is 10.3. The van der Waals surface area contributed by atoms with Crippen molar-refractivity contribution >= 4 is 36.8 Å². The molecule has 1 aromatic carbocycles. The number of primary amides is 1. The molecule has 0 fully saturated rings. The lowest BCUT2D eigenvalue weighted by Crippen LogP contribution is -2.04. The standard InChI is InChI=1S/C9H9NO.2ClH/c10-9(11)7-6-8-4-2-1-3-5-8;;/h1-7H,(H2,10,11);2*1H. The Labute approximate surface area is 89.6 Å². The first-order valence-electron chi connectivity index (χ1n) is 3.31. The highest BCUT2D eigenvalue weighted by atomic mass is 35.5. The van der Waals surface area contributed by atoms with Crippen molar-refractivity contribution in [1.29, 1.82) is 0 Å². The number of nitrogens with two attached hydrogens (primary N) is 1. The molecule has 0 saturated carbocycles. The number of amides is 1. The van der Waals surface area contributed by atoms with E-state index in [9.17, 15) is 4.79 Å². The van der Waals surface area contributed by atoms with Crippen LogP contribution in [0.4, 0.5) is 0 Å². The van der Waals surface area contributed by atoms with Gasteiger partial charge in [0.05, 0.1) is 0 Å². The molecule has 0 aliphatic rings. The molecular weight excluding hydrogens is 209 g/mol. The maximum atomic E-state index is 10.3. The minimum atomic E-state index is -0.422. The van der Waals surface area contributed by atoms with Gasteiger partial charge in [-0.25, -0.2) is 0 Å². The fourth-order valence-corrected chi connectivity index (χ4v) is 0.743. The molecule has 0 saturated heterocycles. The van der Waals surface area contributed by atoms with Crippen LogP contribution in [0.2, 0.25) is 0 Å². The molecule has 0 aliphatic heterocycles. The van der Waals surface area contributed by atoms with Gasteiger partial charge in [-0.2, -0.15) is 0 Å². The number of halogens is 2. The molecule has 0 heterocycles. The quantitative estimate of drug-likeness (QED) is 0.761. The molecule has 0 spiro atoms. The first-order chi connectivity index (χ1) is 5.29. The Morgan fingerprint density at radius 2 is 1.69 bits per heavy atom. The predicted octanol–water partition coefficient (Wildman–Crippen LogP) is 2.03. The normalized spacial score (nSPS) is 8.62. The lowest BCUT2D eigenvalue weighted by Gasteiger charge is -1.88. The van der Waals surface area contributed by atoms with E-state index in [2.05, 4.69) is 0 Å². The summed E-state index contributed by atoms with van der Waals surface area (Å²) in [7, 11) is 0. The SMILES string of the molecule is Cl.Cl.NC(=O)C=Cc1ccccc1. The van der Waals surface area contributed by atoms with Crippen LogP contribution < -0.4 is 5.73 Å². The molecule has 4 heteroatoms. The van der Waals surface area contributed by atoms with E-state index < -0.39 is 5.91 Å². The van der Waals surface area contributed by atoms with Crippen molar-refractivity contribution in [3.63, 3.8) is 0 Å². The summed E-state index contributed by atoms with van der Waals surface area (Å²) in [6.07, 6.45) is 3.03. The molecule has 72 valence electrons. The van der Waals surface area contributed by atoms with E-state index >= 15 is 0 Å².